The van der Waals surface area contributed by atoms with Crippen molar-refractivity contribution in [2.75, 3.05) is 0 Å². The van der Waals surface area contributed by atoms with Crippen molar-refractivity contribution in [2.45, 2.75) is 213 Å². The molecule has 0 saturated heterocycles. The summed E-state index contributed by atoms with van der Waals surface area (Å²) < 4.78 is 0. The van der Waals surface area contributed by atoms with Gasteiger partial charge >= 0.3 is 0 Å². The molecule has 0 unspecified atom stereocenters. The smallest absolute Gasteiger partial charge is 0.140 e. The van der Waals surface area contributed by atoms with Gasteiger partial charge in [0.1, 0.15) is 11.6 Å². The van der Waals surface area contributed by atoms with Crippen LogP contribution >= 0.6 is 0 Å². The molecule has 0 radical (unpaired) electrons. The van der Waals surface area contributed by atoms with E-state index in [4.69, 9.17) is 0 Å². The van der Waals surface area contributed by atoms with Gasteiger partial charge in [-0.3, -0.25) is 9.59 Å². The van der Waals surface area contributed by atoms with E-state index in [0.717, 1.165) is 25.7 Å². The number of hydrogen-bond donors (Lipinski definition) is 0. The minimum absolute atomic E-state index is 0.175. The molecule has 0 aromatic rings. The molecule has 0 rings (SSSR count). The van der Waals surface area contributed by atoms with Crippen LogP contribution in [0.2, 0.25) is 0 Å². The maximum absolute atomic E-state index is 12.1. The Morgan fingerprint density at radius 1 is 0.297 bits per heavy atom. The molecular weight excluding hydrogens is 452 g/mol. The highest BCUT2D eigenvalue weighted by molar-refractivity contribution is 5.98. The van der Waals surface area contributed by atoms with Crippen LogP contribution in [0.3, 0.4) is 0 Å². The van der Waals surface area contributed by atoms with Crippen molar-refractivity contribution in [1.29, 1.82) is 0 Å². The Morgan fingerprint density at radius 3 is 0.703 bits per heavy atom. The Labute approximate surface area is 233 Å². The Balaban J connectivity index is 3.28. The van der Waals surface area contributed by atoms with Crippen molar-refractivity contribution in [2.24, 2.45) is 0 Å². The first-order chi connectivity index (χ1) is 18.2. The molecule has 0 fully saturated rings. The van der Waals surface area contributed by atoms with Crippen LogP contribution in [0.4, 0.5) is 0 Å². The fourth-order valence-corrected chi connectivity index (χ4v) is 5.43. The van der Waals surface area contributed by atoms with Gasteiger partial charge in [0.05, 0.1) is 6.42 Å². The van der Waals surface area contributed by atoms with Crippen molar-refractivity contribution in [3.8, 4) is 0 Å². The monoisotopic (exact) mass is 521 g/mol. The Kier molecular flexibility index (Phi) is 31.0. The van der Waals surface area contributed by atoms with Crippen LogP contribution in [0.15, 0.2) is 0 Å². The molecule has 0 aliphatic heterocycles. The summed E-state index contributed by atoms with van der Waals surface area (Å²) >= 11 is 0. The molecule has 0 spiro atoms. The SMILES string of the molecule is CCCCCCCCCCCCCCCCCC(=O)CC(=O)CCCCCCCCCCCCCCC. The minimum atomic E-state index is 0.175. The lowest BCUT2D eigenvalue weighted by Crippen LogP contribution is -2.07. The molecule has 220 valence electrons. The zero-order valence-electron chi connectivity index (χ0n) is 25.7. The molecule has 0 bridgehead atoms. The van der Waals surface area contributed by atoms with Gasteiger partial charge in [-0.1, -0.05) is 181 Å². The number of ketones is 2. The van der Waals surface area contributed by atoms with Gasteiger partial charge in [-0.25, -0.2) is 0 Å². The molecule has 0 atom stereocenters. The van der Waals surface area contributed by atoms with Crippen LogP contribution in [0.25, 0.3) is 0 Å². The van der Waals surface area contributed by atoms with Crippen molar-refractivity contribution in [3.05, 3.63) is 0 Å². The van der Waals surface area contributed by atoms with E-state index in [1.165, 1.54) is 154 Å². The number of Topliss-reactive ketones (excluding diaryl/α,β-unsaturated/α-hetero) is 2. The van der Waals surface area contributed by atoms with E-state index in [9.17, 15) is 9.59 Å². The standard InChI is InChI=1S/C35H68O2/c1-3-5-7-9-11-13-15-17-18-20-22-24-26-28-30-32-35(37)33-34(36)31-29-27-25-23-21-19-16-14-12-10-8-6-4-2/h3-33H2,1-2H3. The third-order valence-corrected chi connectivity index (χ3v) is 8.01. The molecule has 0 aliphatic carbocycles. The fraction of sp³-hybridized carbons (Fsp3) is 0.943. The van der Waals surface area contributed by atoms with E-state index in [0.29, 0.717) is 12.8 Å². The molecule has 2 heteroatoms. The summed E-state index contributed by atoms with van der Waals surface area (Å²) in [6, 6.07) is 0. The first-order valence-electron chi connectivity index (χ1n) is 17.2. The third kappa shape index (κ3) is 31.5. The van der Waals surface area contributed by atoms with Gasteiger partial charge in [0, 0.05) is 12.8 Å². The van der Waals surface area contributed by atoms with E-state index in [1.54, 1.807) is 0 Å². The topological polar surface area (TPSA) is 34.1 Å². The molecule has 37 heavy (non-hydrogen) atoms. The zero-order chi connectivity index (χ0) is 27.1. The van der Waals surface area contributed by atoms with Gasteiger partial charge < -0.3 is 0 Å². The Hall–Kier alpha value is -0.660. The Bertz CT molecular complexity index is 470. The lowest BCUT2D eigenvalue weighted by Gasteiger charge is -2.04. The quantitative estimate of drug-likeness (QED) is 0.0652. The minimum Gasteiger partial charge on any atom is -0.299 e. The Morgan fingerprint density at radius 2 is 0.486 bits per heavy atom. The molecule has 0 aliphatic rings. The van der Waals surface area contributed by atoms with Gasteiger partial charge in [-0.15, -0.1) is 0 Å². The fourth-order valence-electron chi connectivity index (χ4n) is 5.43. The van der Waals surface area contributed by atoms with Crippen LogP contribution < -0.4 is 0 Å². The summed E-state index contributed by atoms with van der Waals surface area (Å²) in [4.78, 5) is 24.2. The van der Waals surface area contributed by atoms with Crippen LogP contribution in [-0.4, -0.2) is 11.6 Å². The molecule has 0 saturated carbocycles. The highest BCUT2D eigenvalue weighted by atomic mass is 16.1. The van der Waals surface area contributed by atoms with E-state index in [-0.39, 0.29) is 18.0 Å². The van der Waals surface area contributed by atoms with Crippen molar-refractivity contribution in [1.82, 2.24) is 0 Å². The summed E-state index contributed by atoms with van der Waals surface area (Å²) in [5.74, 6) is 0.350. The highest BCUT2D eigenvalue weighted by Crippen LogP contribution is 2.15. The predicted octanol–water partition coefficient (Wildman–Crippen LogP) is 12.3. The number of carbonyl (C=O) groups is 2. The lowest BCUT2D eigenvalue weighted by molar-refractivity contribution is -0.127. The predicted molar refractivity (Wildman–Crippen MR) is 164 cm³/mol. The average molecular weight is 521 g/mol. The van der Waals surface area contributed by atoms with E-state index in [1.807, 2.05) is 0 Å². The second-order valence-electron chi connectivity index (χ2n) is 11.9. The number of carbonyl (C=O) groups excluding carboxylic acids is 2. The highest BCUT2D eigenvalue weighted by Gasteiger charge is 2.09. The van der Waals surface area contributed by atoms with Gasteiger partial charge in [-0.2, -0.15) is 0 Å². The average Bonchev–Trinajstić information content (AvgIpc) is 2.89. The van der Waals surface area contributed by atoms with Crippen LogP contribution in [0.1, 0.15) is 213 Å². The molecule has 0 amide bonds. The lowest BCUT2D eigenvalue weighted by atomic mass is 10.0. The van der Waals surface area contributed by atoms with Crippen molar-refractivity contribution < 1.29 is 9.59 Å². The van der Waals surface area contributed by atoms with E-state index in [2.05, 4.69) is 13.8 Å². The summed E-state index contributed by atoms with van der Waals surface area (Å²) in [5, 5.41) is 0. The van der Waals surface area contributed by atoms with Crippen LogP contribution in [0, 0.1) is 0 Å². The molecular formula is C35H68O2. The summed E-state index contributed by atoms with van der Waals surface area (Å²) in [6.07, 6.45) is 38.7. The van der Waals surface area contributed by atoms with Crippen molar-refractivity contribution in [3.63, 3.8) is 0 Å². The summed E-state index contributed by atoms with van der Waals surface area (Å²) in [6.45, 7) is 4.56. The second-order valence-corrected chi connectivity index (χ2v) is 11.9. The molecule has 0 heterocycles. The van der Waals surface area contributed by atoms with Gasteiger partial charge in [-0.05, 0) is 12.8 Å². The zero-order valence-corrected chi connectivity index (χ0v) is 25.7. The normalized spacial score (nSPS) is 11.3. The first-order valence-corrected chi connectivity index (χ1v) is 17.2. The van der Waals surface area contributed by atoms with Gasteiger partial charge in [0.25, 0.3) is 0 Å². The summed E-state index contributed by atoms with van der Waals surface area (Å²) in [5.41, 5.74) is 0. The first kappa shape index (κ1) is 36.3. The van der Waals surface area contributed by atoms with Gasteiger partial charge in [0.2, 0.25) is 0 Å². The largest absolute Gasteiger partial charge is 0.299 e. The second kappa shape index (κ2) is 31.6. The number of unbranched alkanes of at least 4 members (excludes halogenated alkanes) is 26. The molecule has 0 aromatic carbocycles. The van der Waals surface area contributed by atoms with E-state index >= 15 is 0 Å². The number of hydrogen-bond acceptors (Lipinski definition) is 2. The maximum atomic E-state index is 12.1. The van der Waals surface area contributed by atoms with Gasteiger partial charge in [0.15, 0.2) is 0 Å². The van der Waals surface area contributed by atoms with E-state index < -0.39 is 0 Å². The van der Waals surface area contributed by atoms with Crippen LogP contribution in [-0.2, 0) is 9.59 Å². The summed E-state index contributed by atoms with van der Waals surface area (Å²) in [7, 11) is 0. The van der Waals surface area contributed by atoms with Crippen molar-refractivity contribution >= 4 is 11.6 Å². The molecule has 2 nitrogen and oxygen atoms in total. The molecule has 0 N–H and O–H groups in total. The number of rotatable bonds is 32. The maximum Gasteiger partial charge on any atom is 0.140 e. The molecule has 0 aromatic heterocycles. The van der Waals surface area contributed by atoms with Crippen LogP contribution in [0.5, 0.6) is 0 Å². The third-order valence-electron chi connectivity index (χ3n) is 8.01.